The van der Waals surface area contributed by atoms with Crippen LogP contribution < -0.4 is 9.64 Å². The summed E-state index contributed by atoms with van der Waals surface area (Å²) in [6.07, 6.45) is 11.2. The molecule has 0 radical (unpaired) electrons. The first-order valence-electron chi connectivity index (χ1n) is 11.3. The molecule has 164 valence electrons. The second kappa shape index (κ2) is 11.0. The third-order valence-corrected chi connectivity index (χ3v) is 5.89. The van der Waals surface area contributed by atoms with Crippen molar-refractivity contribution in [1.82, 2.24) is 9.55 Å². The third kappa shape index (κ3) is 5.55. The number of fused-ring (bicyclic) bond motifs is 1. The van der Waals surface area contributed by atoms with Gasteiger partial charge in [0.1, 0.15) is 12.3 Å². The molecule has 3 rings (SSSR count). The zero-order valence-electron chi connectivity index (χ0n) is 18.5. The van der Waals surface area contributed by atoms with Gasteiger partial charge >= 0.3 is 5.97 Å². The zero-order chi connectivity index (χ0) is 21.3. The first kappa shape index (κ1) is 22.2. The van der Waals surface area contributed by atoms with Crippen LogP contribution in [0.5, 0.6) is 5.75 Å². The summed E-state index contributed by atoms with van der Waals surface area (Å²) < 4.78 is 13.3. The van der Waals surface area contributed by atoms with Crippen LogP contribution in [0, 0.1) is 0 Å². The lowest BCUT2D eigenvalue weighted by atomic mass is 9.91. The van der Waals surface area contributed by atoms with Crippen LogP contribution in [0.15, 0.2) is 36.9 Å². The monoisotopic (exact) mass is 413 g/mol. The first-order chi connectivity index (χ1) is 14.6. The molecule has 1 aliphatic heterocycles. The van der Waals surface area contributed by atoms with E-state index >= 15 is 0 Å². The van der Waals surface area contributed by atoms with E-state index in [-0.39, 0.29) is 18.6 Å². The summed E-state index contributed by atoms with van der Waals surface area (Å²) in [7, 11) is 0. The number of carbonyl (C=O) groups is 1. The highest BCUT2D eigenvalue weighted by atomic mass is 16.5. The molecule has 1 aliphatic rings. The van der Waals surface area contributed by atoms with Gasteiger partial charge in [-0.2, -0.15) is 0 Å². The van der Waals surface area contributed by atoms with Crippen molar-refractivity contribution >= 4 is 11.7 Å². The topological polar surface area (TPSA) is 56.6 Å². The Morgan fingerprint density at radius 1 is 1.20 bits per heavy atom. The third-order valence-electron chi connectivity index (χ3n) is 5.89. The molecule has 0 saturated carbocycles. The summed E-state index contributed by atoms with van der Waals surface area (Å²) in [5.41, 5.74) is 2.41. The number of benzene rings is 1. The number of rotatable bonds is 12. The lowest BCUT2D eigenvalue weighted by Gasteiger charge is -2.26. The van der Waals surface area contributed by atoms with Crippen LogP contribution in [0.3, 0.4) is 0 Å². The van der Waals surface area contributed by atoms with Crippen LogP contribution in [-0.2, 0) is 16.1 Å². The second-order valence-electron chi connectivity index (χ2n) is 8.00. The Morgan fingerprint density at radius 3 is 2.80 bits per heavy atom. The number of nitrogens with zero attached hydrogens (tertiary/aromatic N) is 3. The number of hydrogen-bond donors (Lipinski definition) is 0. The molecule has 0 aliphatic carbocycles. The molecule has 1 aromatic carbocycles. The Kier molecular flexibility index (Phi) is 8.17. The van der Waals surface area contributed by atoms with Crippen molar-refractivity contribution in [2.24, 2.45) is 0 Å². The van der Waals surface area contributed by atoms with E-state index in [1.165, 1.54) is 18.4 Å². The highest BCUT2D eigenvalue weighted by Gasteiger charge is 2.36. The highest BCUT2D eigenvalue weighted by molar-refractivity contribution is 5.78. The Balaban J connectivity index is 1.73. The van der Waals surface area contributed by atoms with Gasteiger partial charge in [0, 0.05) is 36.6 Å². The number of carbonyl (C=O) groups excluding carboxylic acids is 1. The average Bonchev–Trinajstić information content (AvgIpc) is 3.34. The molecular weight excluding hydrogens is 378 g/mol. The summed E-state index contributed by atoms with van der Waals surface area (Å²) in [5, 5.41) is 0. The molecule has 6 nitrogen and oxygen atoms in total. The fraction of sp³-hybridized carbons (Fsp3) is 0.583. The Hall–Kier alpha value is -2.50. The highest BCUT2D eigenvalue weighted by Crippen LogP contribution is 2.44. The van der Waals surface area contributed by atoms with E-state index in [1.807, 2.05) is 31.7 Å². The summed E-state index contributed by atoms with van der Waals surface area (Å²) >= 11 is 0. The van der Waals surface area contributed by atoms with Gasteiger partial charge in [-0.05, 0) is 56.9 Å². The smallest absolute Gasteiger partial charge is 0.325 e. The summed E-state index contributed by atoms with van der Waals surface area (Å²) in [6.45, 7) is 8.65. The van der Waals surface area contributed by atoms with Gasteiger partial charge in [0.15, 0.2) is 0 Å². The summed E-state index contributed by atoms with van der Waals surface area (Å²) in [4.78, 5) is 18.5. The van der Waals surface area contributed by atoms with Crippen LogP contribution in [0.4, 0.5) is 5.69 Å². The lowest BCUT2D eigenvalue weighted by Crippen LogP contribution is -2.36. The van der Waals surface area contributed by atoms with Crippen molar-refractivity contribution in [3.8, 4) is 5.75 Å². The van der Waals surface area contributed by atoms with Crippen molar-refractivity contribution < 1.29 is 14.3 Å². The van der Waals surface area contributed by atoms with E-state index in [0.29, 0.717) is 12.5 Å². The van der Waals surface area contributed by atoms with Gasteiger partial charge in [0.25, 0.3) is 0 Å². The molecule has 0 saturated heterocycles. The van der Waals surface area contributed by atoms with Crippen molar-refractivity contribution in [1.29, 1.82) is 0 Å². The maximum Gasteiger partial charge on any atom is 0.325 e. The van der Waals surface area contributed by atoms with Gasteiger partial charge in [-0.1, -0.05) is 19.8 Å². The van der Waals surface area contributed by atoms with E-state index in [2.05, 4.69) is 40.4 Å². The summed E-state index contributed by atoms with van der Waals surface area (Å²) in [5.74, 6) is 1.11. The fourth-order valence-electron chi connectivity index (χ4n) is 4.30. The standard InChI is InChI=1S/C24H35N3O3/c1-4-6-7-15-30-20-10-11-23-22(16-20)21(9-8-13-26-14-12-25-18-26)19(3)27(23)17-24(28)29-5-2/h10-12,14,16,18-19,21H,4-9,13,15,17H2,1-3H3. The molecule has 1 aromatic heterocycles. The molecule has 0 fully saturated rings. The molecule has 6 heteroatoms. The lowest BCUT2D eigenvalue weighted by molar-refractivity contribution is -0.141. The molecule has 0 spiro atoms. The average molecular weight is 414 g/mol. The molecule has 2 unspecified atom stereocenters. The van der Waals surface area contributed by atoms with Crippen molar-refractivity contribution in [2.75, 3.05) is 24.7 Å². The Bertz CT molecular complexity index is 791. The minimum atomic E-state index is -0.172. The first-order valence-corrected chi connectivity index (χ1v) is 11.3. The number of hydrogen-bond acceptors (Lipinski definition) is 5. The number of esters is 1. The zero-order valence-corrected chi connectivity index (χ0v) is 18.5. The van der Waals surface area contributed by atoms with Gasteiger partial charge in [0.05, 0.1) is 19.5 Å². The number of imidazole rings is 1. The Morgan fingerprint density at radius 2 is 2.07 bits per heavy atom. The van der Waals surface area contributed by atoms with E-state index in [4.69, 9.17) is 9.47 Å². The molecule has 0 bridgehead atoms. The maximum atomic E-state index is 12.2. The van der Waals surface area contributed by atoms with Crippen molar-refractivity contribution in [2.45, 2.75) is 71.4 Å². The van der Waals surface area contributed by atoms with Crippen molar-refractivity contribution in [3.63, 3.8) is 0 Å². The normalized spacial score (nSPS) is 17.8. The van der Waals surface area contributed by atoms with Crippen LogP contribution >= 0.6 is 0 Å². The van der Waals surface area contributed by atoms with Crippen LogP contribution in [0.2, 0.25) is 0 Å². The van der Waals surface area contributed by atoms with Gasteiger partial charge in [-0.3, -0.25) is 4.79 Å². The van der Waals surface area contributed by atoms with Gasteiger partial charge in [0.2, 0.25) is 0 Å². The molecule has 2 heterocycles. The predicted octanol–water partition coefficient (Wildman–Crippen LogP) is 4.79. The van der Waals surface area contributed by atoms with E-state index in [9.17, 15) is 4.79 Å². The number of aryl methyl sites for hydroxylation is 1. The van der Waals surface area contributed by atoms with Crippen LogP contribution in [-0.4, -0.2) is 41.3 Å². The van der Waals surface area contributed by atoms with Gasteiger partial charge in [-0.15, -0.1) is 0 Å². The Labute approximate surface area is 180 Å². The van der Waals surface area contributed by atoms with E-state index in [0.717, 1.165) is 43.9 Å². The van der Waals surface area contributed by atoms with Crippen LogP contribution in [0.25, 0.3) is 0 Å². The number of unbranched alkanes of at least 4 members (excludes halogenated alkanes) is 2. The number of anilines is 1. The molecule has 2 atom stereocenters. The SMILES string of the molecule is CCCCCOc1ccc2c(c1)C(CCCn1ccnc1)C(C)N2CC(=O)OCC. The van der Waals surface area contributed by atoms with E-state index in [1.54, 1.807) is 0 Å². The van der Waals surface area contributed by atoms with Gasteiger partial charge < -0.3 is 18.9 Å². The fourth-order valence-corrected chi connectivity index (χ4v) is 4.30. The maximum absolute atomic E-state index is 12.2. The van der Waals surface area contributed by atoms with E-state index < -0.39 is 0 Å². The molecule has 2 aromatic rings. The number of ether oxygens (including phenoxy) is 2. The molecular formula is C24H35N3O3. The quantitative estimate of drug-likeness (QED) is 0.370. The van der Waals surface area contributed by atoms with Gasteiger partial charge in [-0.25, -0.2) is 4.98 Å². The molecule has 0 amide bonds. The molecule has 0 N–H and O–H groups in total. The largest absolute Gasteiger partial charge is 0.494 e. The van der Waals surface area contributed by atoms with Crippen LogP contribution in [0.1, 0.15) is 64.4 Å². The minimum Gasteiger partial charge on any atom is -0.494 e. The predicted molar refractivity (Wildman–Crippen MR) is 119 cm³/mol. The summed E-state index contributed by atoms with van der Waals surface area (Å²) in [6, 6.07) is 6.56. The minimum absolute atomic E-state index is 0.172. The van der Waals surface area contributed by atoms with Crippen molar-refractivity contribution in [3.05, 3.63) is 42.5 Å². The number of aromatic nitrogens is 2. The molecule has 30 heavy (non-hydrogen) atoms. The second-order valence-corrected chi connectivity index (χ2v) is 8.00.